The van der Waals surface area contributed by atoms with Crippen LogP contribution in [0.1, 0.15) is 77.6 Å². The van der Waals surface area contributed by atoms with Crippen molar-refractivity contribution in [2.45, 2.75) is 81.1 Å². The van der Waals surface area contributed by atoms with Crippen molar-refractivity contribution < 1.29 is 73.7 Å². The van der Waals surface area contributed by atoms with E-state index in [1.54, 1.807) is 0 Å². The van der Waals surface area contributed by atoms with E-state index in [9.17, 15) is 39.6 Å². The second-order valence-electron chi connectivity index (χ2n) is 14.3. The van der Waals surface area contributed by atoms with Crippen LogP contribution in [0.2, 0.25) is 0 Å². The molecule has 0 spiro atoms. The van der Waals surface area contributed by atoms with E-state index in [1.165, 1.54) is 78.4 Å². The number of Topliss-reactive ketones (excluding diaryl/α,β-unsaturated/α-hetero) is 4. The Morgan fingerprint density at radius 3 is 0.733 bits per heavy atom. The minimum atomic E-state index is -0.214. The molecule has 0 atom stereocenters. The molecule has 1 fully saturated rings. The molecule has 4 aromatic carbocycles. The second kappa shape index (κ2) is 26.3. The molecule has 1 aliphatic rings. The first-order valence-electron chi connectivity index (χ1n) is 19.1. The molecule has 0 N–H and O–H groups in total. The number of benzene rings is 4. The molecule has 12 heteroatoms. The number of carbonyl (C=O) groups excluding carboxylic acids is 4. The van der Waals surface area contributed by atoms with E-state index in [-0.39, 0.29) is 103 Å². The summed E-state index contributed by atoms with van der Waals surface area (Å²) in [7, 11) is 0. The molecule has 0 unspecified atom stereocenters. The summed E-state index contributed by atoms with van der Waals surface area (Å²) in [6.07, 6.45) is 1.18. The molecule has 1 saturated heterocycles. The van der Waals surface area contributed by atoms with Crippen LogP contribution in [0.15, 0.2) is 118 Å². The van der Waals surface area contributed by atoms with Crippen LogP contribution in [0.3, 0.4) is 0 Å². The van der Waals surface area contributed by atoms with Gasteiger partial charge in [-0.25, -0.2) is 0 Å². The van der Waals surface area contributed by atoms with E-state index in [1.807, 2.05) is 72.8 Å². The Morgan fingerprint density at radius 2 is 0.583 bits per heavy atom. The average Bonchev–Trinajstić information content (AvgIpc) is 3.17. The summed E-state index contributed by atoms with van der Waals surface area (Å²) in [6, 6.07) is 23.1. The van der Waals surface area contributed by atoms with Crippen LogP contribution in [0.25, 0.3) is 21.5 Å². The van der Waals surface area contributed by atoms with Crippen LogP contribution in [-0.2, 0) is 79.0 Å². The number of allylic oxidation sites excluding steroid dienone is 8. The van der Waals surface area contributed by atoms with Gasteiger partial charge in [0.05, 0.1) is 0 Å². The third kappa shape index (κ3) is 17.2. The van der Waals surface area contributed by atoms with Crippen molar-refractivity contribution in [2.75, 3.05) is 23.0 Å². The Labute approximate surface area is 384 Å². The van der Waals surface area contributed by atoms with Gasteiger partial charge in [0.2, 0.25) is 0 Å². The van der Waals surface area contributed by atoms with Crippen LogP contribution in [-0.4, -0.2) is 46.1 Å². The number of fused-ring (bicyclic) bond motifs is 2. The smallest absolute Gasteiger partial charge is 0.875 e. The van der Waals surface area contributed by atoms with Gasteiger partial charge in [-0.05, 0) is 93.8 Å². The summed E-state index contributed by atoms with van der Waals surface area (Å²) in [5.74, 6) is 3.80. The third-order valence-electron chi connectivity index (χ3n) is 9.61. The largest absolute Gasteiger partial charge is 2.00 e. The van der Waals surface area contributed by atoms with Crippen molar-refractivity contribution in [3.63, 3.8) is 0 Å². The monoisotopic (exact) mass is 946 g/mol. The van der Waals surface area contributed by atoms with Crippen molar-refractivity contribution in [3.05, 3.63) is 140 Å². The van der Waals surface area contributed by atoms with Gasteiger partial charge < -0.3 is 20.4 Å². The number of hydrogen-bond donors (Lipinski definition) is 0. The van der Waals surface area contributed by atoms with Gasteiger partial charge in [0.15, 0.2) is 23.1 Å². The van der Waals surface area contributed by atoms with Crippen LogP contribution in [0.5, 0.6) is 0 Å². The molecular formula is C48H52Cu2O8S2. The number of thioether (sulfide) groups is 2. The predicted molar refractivity (Wildman–Crippen MR) is 231 cm³/mol. The van der Waals surface area contributed by atoms with Gasteiger partial charge in [0, 0.05) is 48.7 Å². The van der Waals surface area contributed by atoms with E-state index < -0.39 is 0 Å². The standard InChI is InChI=1S/2C22H24O4.C4H8S2.2Cu/c2*1-13(23)21(14(2)24)11-17-5-7-19-8-6-18(10-20(19)9-17)12-22(15(3)25)16(4)26;1-2-6-4-3-5-1;;/h2*5-10,23,25H,11-12H2,1-4H3;1-4H2;;/q;;;2*+2/p-4/b2*21-13-,22-15-;;;. The van der Waals surface area contributed by atoms with E-state index in [2.05, 4.69) is 23.5 Å². The SMILES string of the molecule is C1CSCCS1.CC(=O)/C(Cc1ccc2ccc(C/C(C(C)=O)=C(\C)[O-])cc2c1)=C(/C)[O-].CC(=O)/C(Cc1ccc2ccc(C/C(C(C)=O)=C(\C)[O-])cc2c1)=C(/C)[O-].[Cu+2].[Cu+2]. The molecule has 0 bridgehead atoms. The van der Waals surface area contributed by atoms with Gasteiger partial charge in [0.25, 0.3) is 0 Å². The zero-order chi connectivity index (χ0) is 43.1. The topological polar surface area (TPSA) is 161 Å². The Morgan fingerprint density at radius 1 is 0.383 bits per heavy atom. The van der Waals surface area contributed by atoms with Gasteiger partial charge in [-0.15, -0.1) is 23.0 Å². The Kier molecular flexibility index (Phi) is 23.7. The van der Waals surface area contributed by atoms with Crippen molar-refractivity contribution in [1.82, 2.24) is 0 Å². The van der Waals surface area contributed by atoms with Crippen molar-refractivity contribution >= 4 is 68.2 Å². The Bertz CT molecular complexity index is 1970. The molecule has 0 saturated carbocycles. The van der Waals surface area contributed by atoms with Gasteiger partial charge in [-0.1, -0.05) is 100 Å². The zero-order valence-electron chi connectivity index (χ0n) is 35.3. The quantitative estimate of drug-likeness (QED) is 0.0909. The summed E-state index contributed by atoms with van der Waals surface area (Å²) in [5.41, 5.74) is 4.62. The molecule has 0 aromatic heterocycles. The van der Waals surface area contributed by atoms with Crippen molar-refractivity contribution in [1.29, 1.82) is 0 Å². The summed E-state index contributed by atoms with van der Waals surface area (Å²) in [6.45, 7) is 11.2. The molecule has 8 nitrogen and oxygen atoms in total. The van der Waals surface area contributed by atoms with E-state index in [0.29, 0.717) is 25.7 Å². The van der Waals surface area contributed by atoms with Crippen LogP contribution in [0.4, 0.5) is 0 Å². The predicted octanol–water partition coefficient (Wildman–Crippen LogP) is 6.20. The fourth-order valence-electron chi connectivity index (χ4n) is 6.37. The zero-order valence-corrected chi connectivity index (χ0v) is 38.8. The number of hydrogen-bond acceptors (Lipinski definition) is 10. The summed E-state index contributed by atoms with van der Waals surface area (Å²) in [5, 5.41) is 50.4. The maximum Gasteiger partial charge on any atom is 2.00 e. The first kappa shape index (κ1) is 54.0. The van der Waals surface area contributed by atoms with Gasteiger partial charge in [0.1, 0.15) is 0 Å². The maximum atomic E-state index is 11.6. The molecule has 0 amide bonds. The van der Waals surface area contributed by atoms with Gasteiger partial charge in [-0.3, -0.25) is 19.2 Å². The van der Waals surface area contributed by atoms with Crippen molar-refractivity contribution in [3.8, 4) is 0 Å². The first-order chi connectivity index (χ1) is 27.4. The molecule has 5 rings (SSSR count). The average molecular weight is 948 g/mol. The molecule has 2 radical (unpaired) electrons. The van der Waals surface area contributed by atoms with E-state index in [0.717, 1.165) is 43.8 Å². The number of carbonyl (C=O) groups is 4. The Hall–Kier alpha value is -4.02. The minimum Gasteiger partial charge on any atom is -0.875 e. The molecule has 326 valence electrons. The van der Waals surface area contributed by atoms with Crippen molar-refractivity contribution in [2.24, 2.45) is 0 Å². The third-order valence-corrected chi connectivity index (χ3v) is 12.1. The molecule has 0 aliphatic carbocycles. The molecular weight excluding hydrogens is 896 g/mol. The molecule has 1 heterocycles. The van der Waals surface area contributed by atoms with Gasteiger partial charge in [-0.2, -0.15) is 23.5 Å². The molecule has 1 aliphatic heterocycles. The maximum absolute atomic E-state index is 11.6. The van der Waals surface area contributed by atoms with Crippen LogP contribution >= 0.6 is 23.5 Å². The van der Waals surface area contributed by atoms with E-state index >= 15 is 0 Å². The normalized spacial score (nSPS) is 13.9. The minimum absolute atomic E-state index is 0. The fourth-order valence-corrected chi connectivity index (χ4v) is 8.67. The second-order valence-corrected chi connectivity index (χ2v) is 16.8. The summed E-state index contributed by atoms with van der Waals surface area (Å²) >= 11 is 4.15. The first-order valence-corrected chi connectivity index (χ1v) is 21.4. The number of rotatable bonds is 12. The molecule has 4 aromatic rings. The molecule has 60 heavy (non-hydrogen) atoms. The number of ketones is 4. The van der Waals surface area contributed by atoms with Crippen LogP contribution < -0.4 is 20.4 Å². The van der Waals surface area contributed by atoms with Gasteiger partial charge >= 0.3 is 34.1 Å². The fraction of sp³-hybridized carbons (Fsp3) is 0.333. The van der Waals surface area contributed by atoms with Crippen LogP contribution in [0, 0.1) is 0 Å². The Balaban J connectivity index is 0.000000510. The summed E-state index contributed by atoms with van der Waals surface area (Å²) < 4.78 is 0. The summed E-state index contributed by atoms with van der Waals surface area (Å²) in [4.78, 5) is 46.5. The van der Waals surface area contributed by atoms with E-state index in [4.69, 9.17) is 0 Å².